The highest BCUT2D eigenvalue weighted by atomic mass is 16.6. The molecule has 1 unspecified atom stereocenters. The van der Waals surface area contributed by atoms with E-state index in [4.69, 9.17) is 0 Å². The normalized spacial score (nSPS) is 21.8. The molecule has 6 nitrogen and oxygen atoms in total. The van der Waals surface area contributed by atoms with E-state index in [1.165, 1.54) is 6.07 Å². The molecule has 1 amide bonds. The number of carbonyl (C=O) groups is 1. The molecular formula is C14H19N3O3. The van der Waals surface area contributed by atoms with Crippen LogP contribution in [0.5, 0.6) is 0 Å². The summed E-state index contributed by atoms with van der Waals surface area (Å²) in [5, 5.41) is 17.0. The molecule has 1 atom stereocenters. The van der Waals surface area contributed by atoms with Crippen molar-refractivity contribution in [2.75, 3.05) is 11.9 Å². The number of rotatable bonds is 3. The molecule has 6 heteroatoms. The molecule has 0 bridgehead atoms. The number of hydrogen-bond acceptors (Lipinski definition) is 4. The van der Waals surface area contributed by atoms with Gasteiger partial charge in [0, 0.05) is 6.07 Å². The van der Waals surface area contributed by atoms with Crippen molar-refractivity contribution in [3.63, 3.8) is 0 Å². The maximum Gasteiger partial charge on any atom is 0.293 e. The molecule has 1 aliphatic rings. The predicted molar refractivity (Wildman–Crippen MR) is 76.8 cm³/mol. The number of anilines is 1. The van der Waals surface area contributed by atoms with Crippen molar-refractivity contribution in [2.45, 2.75) is 39.2 Å². The van der Waals surface area contributed by atoms with Crippen LogP contribution in [0.25, 0.3) is 0 Å². The number of amides is 1. The minimum Gasteiger partial charge on any atom is -0.319 e. The van der Waals surface area contributed by atoms with Crippen molar-refractivity contribution in [1.82, 2.24) is 5.32 Å². The first kappa shape index (κ1) is 14.5. The largest absolute Gasteiger partial charge is 0.319 e. The average molecular weight is 277 g/mol. The van der Waals surface area contributed by atoms with E-state index < -0.39 is 10.5 Å². The lowest BCUT2D eigenvalue weighted by Crippen LogP contribution is -2.48. The number of benzene rings is 1. The molecule has 1 heterocycles. The van der Waals surface area contributed by atoms with E-state index in [-0.39, 0.29) is 17.3 Å². The van der Waals surface area contributed by atoms with Crippen molar-refractivity contribution >= 4 is 17.3 Å². The van der Waals surface area contributed by atoms with E-state index >= 15 is 0 Å². The fraction of sp³-hybridized carbons (Fsp3) is 0.500. The Morgan fingerprint density at radius 1 is 1.40 bits per heavy atom. The van der Waals surface area contributed by atoms with Gasteiger partial charge >= 0.3 is 0 Å². The molecule has 0 aliphatic carbocycles. The van der Waals surface area contributed by atoms with Crippen LogP contribution in [0.15, 0.2) is 12.1 Å². The lowest BCUT2D eigenvalue weighted by atomic mass is 9.99. The summed E-state index contributed by atoms with van der Waals surface area (Å²) in [6.07, 6.45) is 1.66. The van der Waals surface area contributed by atoms with Crippen LogP contribution in [0.4, 0.5) is 11.4 Å². The molecule has 108 valence electrons. The van der Waals surface area contributed by atoms with E-state index in [0.29, 0.717) is 0 Å². The maximum atomic E-state index is 12.3. The number of nitrogens with one attached hydrogen (secondary N) is 2. The van der Waals surface area contributed by atoms with Crippen molar-refractivity contribution in [3.05, 3.63) is 33.4 Å². The molecule has 0 spiro atoms. The molecule has 1 aliphatic heterocycles. The van der Waals surface area contributed by atoms with Gasteiger partial charge in [-0.05, 0) is 57.4 Å². The molecule has 1 aromatic rings. The van der Waals surface area contributed by atoms with Crippen LogP contribution in [0, 0.1) is 24.0 Å². The SMILES string of the molecule is Cc1cc(NC(=O)C2(C)CCCN2)c([N+](=O)[O-])cc1C. The molecular weight excluding hydrogens is 258 g/mol. The summed E-state index contributed by atoms with van der Waals surface area (Å²) in [7, 11) is 0. The smallest absolute Gasteiger partial charge is 0.293 e. The van der Waals surface area contributed by atoms with Crippen molar-refractivity contribution in [1.29, 1.82) is 0 Å². The molecule has 20 heavy (non-hydrogen) atoms. The number of hydrogen-bond donors (Lipinski definition) is 2. The van der Waals surface area contributed by atoms with E-state index in [9.17, 15) is 14.9 Å². The van der Waals surface area contributed by atoms with Crippen LogP contribution in [0.2, 0.25) is 0 Å². The van der Waals surface area contributed by atoms with Crippen molar-refractivity contribution in [3.8, 4) is 0 Å². The first-order valence-electron chi connectivity index (χ1n) is 6.65. The van der Waals surface area contributed by atoms with Crippen molar-refractivity contribution < 1.29 is 9.72 Å². The van der Waals surface area contributed by atoms with Gasteiger partial charge < -0.3 is 10.6 Å². The monoisotopic (exact) mass is 277 g/mol. The Morgan fingerprint density at radius 3 is 2.60 bits per heavy atom. The van der Waals surface area contributed by atoms with Crippen LogP contribution in [-0.4, -0.2) is 22.9 Å². The maximum absolute atomic E-state index is 12.3. The summed E-state index contributed by atoms with van der Waals surface area (Å²) >= 11 is 0. The van der Waals surface area contributed by atoms with Gasteiger partial charge in [0.15, 0.2) is 0 Å². The third-order valence-corrected chi connectivity index (χ3v) is 3.93. The first-order valence-corrected chi connectivity index (χ1v) is 6.65. The fourth-order valence-electron chi connectivity index (χ4n) is 2.40. The van der Waals surface area contributed by atoms with Crippen LogP contribution < -0.4 is 10.6 Å². The van der Waals surface area contributed by atoms with Crippen LogP contribution in [-0.2, 0) is 4.79 Å². The minimum atomic E-state index is -0.646. The number of nitrogens with zero attached hydrogens (tertiary/aromatic N) is 1. The van der Waals surface area contributed by atoms with Gasteiger partial charge in [0.2, 0.25) is 5.91 Å². The van der Waals surface area contributed by atoms with Gasteiger partial charge in [0.1, 0.15) is 5.69 Å². The minimum absolute atomic E-state index is 0.0666. The van der Waals surface area contributed by atoms with E-state index in [0.717, 1.165) is 30.5 Å². The van der Waals surface area contributed by atoms with Gasteiger partial charge in [-0.15, -0.1) is 0 Å². The summed E-state index contributed by atoms with van der Waals surface area (Å²) in [5.41, 5.74) is 1.29. The van der Waals surface area contributed by atoms with Crippen LogP contribution >= 0.6 is 0 Å². The molecule has 1 fully saturated rings. The summed E-state index contributed by atoms with van der Waals surface area (Å²) < 4.78 is 0. The van der Waals surface area contributed by atoms with Gasteiger partial charge in [0.05, 0.1) is 10.5 Å². The quantitative estimate of drug-likeness (QED) is 0.655. The third-order valence-electron chi connectivity index (χ3n) is 3.93. The molecule has 2 N–H and O–H groups in total. The Balaban J connectivity index is 2.31. The Hall–Kier alpha value is -1.95. The summed E-state index contributed by atoms with van der Waals surface area (Å²) in [6.45, 7) is 6.29. The number of nitro groups is 1. The molecule has 0 aromatic heterocycles. The summed E-state index contributed by atoms with van der Waals surface area (Å²) in [5.74, 6) is -0.221. The zero-order valence-electron chi connectivity index (χ0n) is 11.9. The Bertz CT molecular complexity index is 563. The van der Waals surface area contributed by atoms with E-state index in [1.807, 2.05) is 20.8 Å². The van der Waals surface area contributed by atoms with Crippen molar-refractivity contribution in [2.24, 2.45) is 0 Å². The molecule has 1 saturated heterocycles. The predicted octanol–water partition coefficient (Wildman–Crippen LogP) is 2.29. The highest BCUT2D eigenvalue weighted by molar-refractivity contribution is 5.99. The van der Waals surface area contributed by atoms with Gasteiger partial charge in [-0.2, -0.15) is 0 Å². The topological polar surface area (TPSA) is 84.3 Å². The van der Waals surface area contributed by atoms with Gasteiger partial charge in [-0.3, -0.25) is 14.9 Å². The Kier molecular flexibility index (Phi) is 3.76. The third kappa shape index (κ3) is 2.65. The summed E-state index contributed by atoms with van der Waals surface area (Å²) in [4.78, 5) is 23.0. The standard InChI is InChI=1S/C14H19N3O3/c1-9-7-11(12(17(19)20)8-10(9)2)16-13(18)14(3)5-4-6-15-14/h7-8,15H,4-6H2,1-3H3,(H,16,18). The van der Waals surface area contributed by atoms with Gasteiger partial charge in [-0.25, -0.2) is 0 Å². The molecule has 2 rings (SSSR count). The average Bonchev–Trinajstić information content (AvgIpc) is 2.81. The van der Waals surface area contributed by atoms with E-state index in [1.54, 1.807) is 6.07 Å². The first-order chi connectivity index (χ1) is 9.33. The Morgan fingerprint density at radius 2 is 2.05 bits per heavy atom. The summed E-state index contributed by atoms with van der Waals surface area (Å²) in [6, 6.07) is 3.15. The second-order valence-corrected chi connectivity index (χ2v) is 5.53. The van der Waals surface area contributed by atoms with Crippen LogP contribution in [0.1, 0.15) is 30.9 Å². The lowest BCUT2D eigenvalue weighted by molar-refractivity contribution is -0.384. The highest BCUT2D eigenvalue weighted by Gasteiger charge is 2.36. The molecule has 0 radical (unpaired) electrons. The van der Waals surface area contributed by atoms with E-state index in [2.05, 4.69) is 10.6 Å². The van der Waals surface area contributed by atoms with Crippen LogP contribution in [0.3, 0.4) is 0 Å². The van der Waals surface area contributed by atoms with Gasteiger partial charge in [0.25, 0.3) is 5.69 Å². The zero-order chi connectivity index (χ0) is 14.9. The second kappa shape index (κ2) is 5.20. The zero-order valence-corrected chi connectivity index (χ0v) is 11.9. The highest BCUT2D eigenvalue weighted by Crippen LogP contribution is 2.29. The molecule has 0 saturated carbocycles. The number of carbonyl (C=O) groups excluding carboxylic acids is 1. The molecule has 1 aromatic carbocycles. The Labute approximate surface area is 117 Å². The number of nitro benzene ring substituents is 1. The van der Waals surface area contributed by atoms with Gasteiger partial charge in [-0.1, -0.05) is 0 Å². The lowest BCUT2D eigenvalue weighted by Gasteiger charge is -2.23. The second-order valence-electron chi connectivity index (χ2n) is 5.53. The fourth-order valence-corrected chi connectivity index (χ4v) is 2.40. The number of aryl methyl sites for hydroxylation is 2.